The molecule has 15 heteroatoms. The fraction of sp³-hybridized carbons (Fsp3) is 0.857. The Labute approximate surface area is 332 Å². The standard InChI is InChI=1S/C16H22O6.C13H16O6.C13H22O3/c1-20-11(17)14-4-10-5-15(7-14,12(18)21-2)9-16(6-10,8-14)13(19)22-3;14-8(15)11-1-7-2-12(4-11,9(16)17)6-13(3-7,5-11)10(18)19;14-7-11-1-10-2-12(4-11,8-15)6-13(3-10,5-11)9-16/h10H,4-9H2,1-3H3;7H,1-6H2,(H,14,15)(H,16,17)(H,18,19);10,14-16H,1-9H2. The van der Waals surface area contributed by atoms with Gasteiger partial charge < -0.3 is 44.8 Å². The molecular weight excluding hydrogens is 744 g/mol. The number of esters is 3. The minimum atomic E-state index is -1.16. The first-order valence-corrected chi connectivity index (χ1v) is 20.5. The number of carbonyl (C=O) groups excluding carboxylic acids is 3. The molecule has 0 aliphatic heterocycles. The minimum Gasteiger partial charge on any atom is -0.481 e. The van der Waals surface area contributed by atoms with Gasteiger partial charge in [-0.15, -0.1) is 0 Å². The van der Waals surface area contributed by atoms with E-state index in [0.29, 0.717) is 63.7 Å². The van der Waals surface area contributed by atoms with Crippen LogP contribution in [-0.2, 0) is 43.0 Å². The highest BCUT2D eigenvalue weighted by molar-refractivity contribution is 5.88. The summed E-state index contributed by atoms with van der Waals surface area (Å²) in [6.07, 6.45) is 11.0. The van der Waals surface area contributed by atoms with Crippen LogP contribution in [0.5, 0.6) is 0 Å². The van der Waals surface area contributed by atoms with E-state index in [0.717, 1.165) is 38.5 Å². The first-order chi connectivity index (χ1) is 26.7. The number of hydrogen-bond acceptors (Lipinski definition) is 12. The number of hydrogen-bond donors (Lipinski definition) is 6. The third-order valence-electron chi connectivity index (χ3n) is 16.8. The lowest BCUT2D eigenvalue weighted by Gasteiger charge is -2.65. The summed E-state index contributed by atoms with van der Waals surface area (Å²) < 4.78 is 15.0. The van der Waals surface area contributed by atoms with Gasteiger partial charge >= 0.3 is 35.8 Å². The molecule has 318 valence electrons. The van der Waals surface area contributed by atoms with Gasteiger partial charge in [-0.1, -0.05) is 0 Å². The number of carboxylic acids is 3. The molecule has 12 rings (SSSR count). The highest BCUT2D eigenvalue weighted by atomic mass is 16.5. The van der Waals surface area contributed by atoms with E-state index >= 15 is 0 Å². The van der Waals surface area contributed by atoms with Crippen molar-refractivity contribution < 1.29 is 73.6 Å². The normalized spacial score (nSPS) is 47.2. The van der Waals surface area contributed by atoms with Gasteiger partial charge in [0.1, 0.15) is 0 Å². The van der Waals surface area contributed by atoms with Crippen LogP contribution in [0.25, 0.3) is 0 Å². The van der Waals surface area contributed by atoms with Crippen LogP contribution in [0, 0.1) is 66.5 Å². The summed E-state index contributed by atoms with van der Waals surface area (Å²) in [5.41, 5.74) is -5.76. The molecule has 0 amide bonds. The molecule has 0 saturated heterocycles. The Morgan fingerprint density at radius 3 is 0.807 bits per heavy atom. The second-order valence-electron chi connectivity index (χ2n) is 21.1. The smallest absolute Gasteiger partial charge is 0.311 e. The van der Waals surface area contributed by atoms with Crippen molar-refractivity contribution in [2.24, 2.45) is 66.5 Å². The van der Waals surface area contributed by atoms with Crippen molar-refractivity contribution in [3.05, 3.63) is 0 Å². The average molecular weight is 805 g/mol. The van der Waals surface area contributed by atoms with Crippen molar-refractivity contribution >= 4 is 35.8 Å². The van der Waals surface area contributed by atoms with Crippen LogP contribution in [0.2, 0.25) is 0 Å². The number of ether oxygens (including phenoxy) is 3. The van der Waals surface area contributed by atoms with Crippen molar-refractivity contribution in [1.29, 1.82) is 0 Å². The predicted octanol–water partition coefficient (Wildman–Crippen LogP) is 3.58. The zero-order valence-electron chi connectivity index (χ0n) is 33.4. The van der Waals surface area contributed by atoms with E-state index in [4.69, 9.17) is 14.2 Å². The van der Waals surface area contributed by atoms with Crippen molar-refractivity contribution in [3.8, 4) is 0 Å². The molecule has 57 heavy (non-hydrogen) atoms. The van der Waals surface area contributed by atoms with E-state index < -0.39 is 50.4 Å². The largest absolute Gasteiger partial charge is 0.481 e. The maximum Gasteiger partial charge on any atom is 0.311 e. The number of rotatable bonds is 9. The lowest BCUT2D eigenvalue weighted by molar-refractivity contribution is -0.213. The molecule has 12 aliphatic carbocycles. The van der Waals surface area contributed by atoms with E-state index in [2.05, 4.69) is 0 Å². The highest BCUT2D eigenvalue weighted by Crippen LogP contribution is 2.72. The zero-order valence-corrected chi connectivity index (χ0v) is 33.4. The van der Waals surface area contributed by atoms with Crippen LogP contribution in [0.1, 0.15) is 116 Å². The number of aliphatic hydroxyl groups is 3. The maximum atomic E-state index is 12.4. The minimum absolute atomic E-state index is 0.00484. The first-order valence-electron chi connectivity index (χ1n) is 20.5. The van der Waals surface area contributed by atoms with Crippen molar-refractivity contribution in [3.63, 3.8) is 0 Å². The summed E-state index contributed by atoms with van der Waals surface area (Å²) >= 11 is 0. The second-order valence-corrected chi connectivity index (χ2v) is 21.1. The fourth-order valence-electron chi connectivity index (χ4n) is 16.5. The first kappa shape index (κ1) is 41.8. The Bertz CT molecular complexity index is 1500. The Morgan fingerprint density at radius 1 is 0.386 bits per heavy atom. The molecule has 0 radical (unpaired) electrons. The number of carbonyl (C=O) groups is 6. The molecule has 0 aromatic carbocycles. The number of aliphatic carboxylic acids is 3. The van der Waals surface area contributed by atoms with E-state index in [9.17, 15) is 59.4 Å². The summed E-state index contributed by atoms with van der Waals surface area (Å²) in [7, 11) is 4.07. The SMILES string of the molecule is COC(=O)C12CC3CC(C(=O)OC)(C1)CC(C(=O)OC)(C3)C2.O=C(O)C12CC3CC(C(=O)O)(C1)CC(C(=O)O)(C3)C2.OCC12CC3CC(CO)(C1)CC(CO)(C3)C2. The molecule has 0 heterocycles. The lowest BCUT2D eigenvalue weighted by Crippen LogP contribution is -2.64. The van der Waals surface area contributed by atoms with E-state index in [1.807, 2.05) is 0 Å². The molecule has 12 saturated carbocycles. The quantitative estimate of drug-likeness (QED) is 0.144. The van der Waals surface area contributed by atoms with Crippen molar-refractivity contribution in [2.45, 2.75) is 116 Å². The summed E-state index contributed by atoms with van der Waals surface area (Å²) in [5, 5.41) is 57.5. The third-order valence-corrected chi connectivity index (χ3v) is 16.8. The molecule has 6 N–H and O–H groups in total. The Kier molecular flexibility index (Phi) is 10.00. The van der Waals surface area contributed by atoms with Crippen molar-refractivity contribution in [2.75, 3.05) is 41.2 Å². The molecular formula is C42H60O15. The van der Waals surface area contributed by atoms with Crippen LogP contribution in [0.4, 0.5) is 0 Å². The maximum absolute atomic E-state index is 12.4. The molecule has 12 aliphatic rings. The van der Waals surface area contributed by atoms with Gasteiger partial charge in [0.15, 0.2) is 0 Å². The van der Waals surface area contributed by atoms with Gasteiger partial charge in [-0.25, -0.2) is 0 Å². The van der Waals surface area contributed by atoms with Crippen LogP contribution >= 0.6 is 0 Å². The van der Waals surface area contributed by atoms with E-state index in [-0.39, 0.29) is 85.1 Å². The zero-order chi connectivity index (χ0) is 41.7. The molecule has 12 bridgehead atoms. The fourth-order valence-corrected chi connectivity index (χ4v) is 16.5. The van der Waals surface area contributed by atoms with Gasteiger partial charge in [-0.2, -0.15) is 0 Å². The van der Waals surface area contributed by atoms with Gasteiger partial charge in [-0.3, -0.25) is 28.8 Å². The Hall–Kier alpha value is -3.30. The van der Waals surface area contributed by atoms with Crippen LogP contribution in [0.3, 0.4) is 0 Å². The predicted molar refractivity (Wildman–Crippen MR) is 196 cm³/mol. The third kappa shape index (κ3) is 6.29. The van der Waals surface area contributed by atoms with E-state index in [1.165, 1.54) is 21.3 Å². The molecule has 0 unspecified atom stereocenters. The molecule has 0 spiro atoms. The van der Waals surface area contributed by atoms with Crippen LogP contribution in [0.15, 0.2) is 0 Å². The van der Waals surface area contributed by atoms with Crippen molar-refractivity contribution in [1.82, 2.24) is 0 Å². The molecule has 0 aromatic heterocycles. The lowest BCUT2D eigenvalue weighted by atomic mass is 9.39. The summed E-state index contributed by atoms with van der Waals surface area (Å²) in [5.74, 6) is -3.40. The van der Waals surface area contributed by atoms with Gasteiger partial charge in [-0.05, 0) is 150 Å². The van der Waals surface area contributed by atoms with Gasteiger partial charge in [0.2, 0.25) is 0 Å². The highest BCUT2D eigenvalue weighted by Gasteiger charge is 2.72. The Balaban J connectivity index is 0.000000132. The number of carboxylic acid groups (broad SMARTS) is 3. The number of aliphatic hydroxyl groups excluding tert-OH is 3. The molecule has 0 aromatic rings. The Morgan fingerprint density at radius 2 is 0.596 bits per heavy atom. The molecule has 12 fully saturated rings. The topological polar surface area (TPSA) is 251 Å². The monoisotopic (exact) mass is 804 g/mol. The summed E-state index contributed by atoms with van der Waals surface area (Å²) in [4.78, 5) is 72.1. The van der Waals surface area contributed by atoms with Crippen LogP contribution in [-0.4, -0.2) is 108 Å². The molecule has 15 nitrogen and oxygen atoms in total. The summed E-state index contributed by atoms with van der Waals surface area (Å²) in [6, 6.07) is 0. The molecule has 0 atom stereocenters. The van der Waals surface area contributed by atoms with Gasteiger partial charge in [0, 0.05) is 19.8 Å². The van der Waals surface area contributed by atoms with Crippen LogP contribution < -0.4 is 0 Å². The summed E-state index contributed by atoms with van der Waals surface area (Å²) in [6.45, 7) is 0.688. The average Bonchev–Trinajstić information content (AvgIpc) is 3.15. The second kappa shape index (κ2) is 13.6. The van der Waals surface area contributed by atoms with Gasteiger partial charge in [0.05, 0.1) is 53.8 Å². The van der Waals surface area contributed by atoms with E-state index in [1.54, 1.807) is 0 Å². The number of methoxy groups -OCH3 is 3. The van der Waals surface area contributed by atoms with Gasteiger partial charge in [0.25, 0.3) is 0 Å².